The Balaban J connectivity index is 1.04. The molecule has 0 bridgehead atoms. The Labute approximate surface area is 293 Å². The van der Waals surface area contributed by atoms with Gasteiger partial charge in [-0.2, -0.15) is 0 Å². The lowest BCUT2D eigenvalue weighted by molar-refractivity contribution is -0.132. The van der Waals surface area contributed by atoms with Gasteiger partial charge in [0.2, 0.25) is 11.8 Å². The molecule has 6 rings (SSSR count). The first kappa shape index (κ1) is 34.5. The van der Waals surface area contributed by atoms with Gasteiger partial charge in [0.15, 0.2) is 5.84 Å². The van der Waals surface area contributed by atoms with Crippen LogP contribution in [0.4, 0.5) is 11.5 Å². The van der Waals surface area contributed by atoms with Gasteiger partial charge in [0.25, 0.3) is 0 Å². The lowest BCUT2D eigenvalue weighted by Gasteiger charge is -2.29. The minimum Gasteiger partial charge on any atom is -0.491 e. The van der Waals surface area contributed by atoms with Crippen LogP contribution >= 0.6 is 0 Å². The molecule has 5 N–H and O–H groups in total. The van der Waals surface area contributed by atoms with Gasteiger partial charge in [-0.1, -0.05) is 30.3 Å². The summed E-state index contributed by atoms with van der Waals surface area (Å²) in [4.78, 5) is 41.8. The number of amidine groups is 1. The molecule has 4 heterocycles. The highest BCUT2D eigenvalue weighted by atomic mass is 16.5. The molecular weight excluding hydrogens is 630 g/mol. The number of hydrogen-bond donors (Lipinski definition) is 4. The van der Waals surface area contributed by atoms with Crippen molar-refractivity contribution >= 4 is 46.8 Å². The Kier molecular flexibility index (Phi) is 10.1. The first-order valence-electron chi connectivity index (χ1n) is 17.1. The van der Waals surface area contributed by atoms with Gasteiger partial charge in [-0.3, -0.25) is 30.2 Å². The second-order valence-electron chi connectivity index (χ2n) is 13.4. The molecule has 1 spiro atoms. The van der Waals surface area contributed by atoms with Crippen LogP contribution in [0.3, 0.4) is 0 Å². The average molecular weight is 676 g/mol. The summed E-state index contributed by atoms with van der Waals surface area (Å²) in [5, 5.41) is 19.7. The van der Waals surface area contributed by atoms with Crippen LogP contribution in [0, 0.1) is 16.2 Å². The van der Waals surface area contributed by atoms with Crippen LogP contribution in [-0.4, -0.2) is 96.9 Å². The van der Waals surface area contributed by atoms with Crippen LogP contribution in [0.5, 0.6) is 5.75 Å². The molecule has 50 heavy (non-hydrogen) atoms. The number of nitrogens with zero attached hydrogens (tertiary/aromatic N) is 5. The molecule has 3 aliphatic rings. The molecule has 2 fully saturated rings. The van der Waals surface area contributed by atoms with Gasteiger partial charge in [-0.05, 0) is 87.2 Å². The van der Waals surface area contributed by atoms with Gasteiger partial charge < -0.3 is 20.7 Å². The van der Waals surface area contributed by atoms with E-state index in [1.54, 1.807) is 24.1 Å². The maximum atomic E-state index is 13.9. The number of hydrogen-bond acceptors (Lipinski definition) is 8. The SMILES string of the molecule is CN/C=N\C(=N)c1ccc(C2=CCN(C(=O)CN3CC[C@]4(CCN(c5ccc(N)c(C(=N)c6ccc(OC(C)C)cc6)n5)C4=O)C3)CC2)cc1. The summed E-state index contributed by atoms with van der Waals surface area (Å²) < 4.78 is 5.73. The highest BCUT2D eigenvalue weighted by Gasteiger charge is 2.51. The second kappa shape index (κ2) is 14.6. The minimum absolute atomic E-state index is 0.0120. The topological polar surface area (TPSA) is 164 Å². The predicted molar refractivity (Wildman–Crippen MR) is 197 cm³/mol. The predicted octanol–water partition coefficient (Wildman–Crippen LogP) is 4.18. The molecular formula is C38H45N9O3. The maximum Gasteiger partial charge on any atom is 0.237 e. The summed E-state index contributed by atoms with van der Waals surface area (Å²) in [6, 6.07) is 18.5. The standard InChI is InChI=1S/C38H45N9O3/c1-25(2)50-30-10-8-28(9-11-30)34(40)35-31(39)12-13-32(44-35)47-21-17-38(37(47)49)16-20-45(23-38)22-33(48)46-18-14-27(15-19-46)26-4-6-29(7-5-26)36(41)43-24-42-3/h4-14,24-25,40H,15-23,39H2,1-3H3,(H2,41,42,43)/t38-/m0/s1. The largest absolute Gasteiger partial charge is 0.491 e. The van der Waals surface area contributed by atoms with E-state index in [0.29, 0.717) is 68.3 Å². The smallest absolute Gasteiger partial charge is 0.237 e. The normalized spacial score (nSPS) is 19.4. The number of pyridine rings is 1. The summed E-state index contributed by atoms with van der Waals surface area (Å²) in [6.07, 6.45) is 5.77. The fourth-order valence-corrected chi connectivity index (χ4v) is 6.93. The van der Waals surface area contributed by atoms with Crippen LogP contribution in [0.1, 0.15) is 55.5 Å². The Morgan fingerprint density at radius 2 is 1.76 bits per heavy atom. The van der Waals surface area contributed by atoms with Gasteiger partial charge in [0, 0.05) is 44.4 Å². The van der Waals surface area contributed by atoms with Crippen molar-refractivity contribution in [3.63, 3.8) is 0 Å². The number of nitrogen functional groups attached to an aromatic ring is 1. The molecule has 2 saturated heterocycles. The molecule has 12 nitrogen and oxygen atoms in total. The van der Waals surface area contributed by atoms with Gasteiger partial charge >= 0.3 is 0 Å². The average Bonchev–Trinajstić information content (AvgIpc) is 3.68. The molecule has 0 radical (unpaired) electrons. The fraction of sp³-hybridized carbons (Fsp3) is 0.368. The van der Waals surface area contributed by atoms with E-state index in [-0.39, 0.29) is 36.0 Å². The molecule has 2 aromatic carbocycles. The van der Waals surface area contributed by atoms with E-state index in [4.69, 9.17) is 26.3 Å². The van der Waals surface area contributed by atoms with Crippen molar-refractivity contribution in [1.82, 2.24) is 20.1 Å². The fourth-order valence-electron chi connectivity index (χ4n) is 6.93. The number of aromatic nitrogens is 1. The molecule has 1 atom stereocenters. The van der Waals surface area contributed by atoms with Crippen LogP contribution in [0.25, 0.3) is 5.57 Å². The monoisotopic (exact) mass is 675 g/mol. The van der Waals surface area contributed by atoms with Crippen molar-refractivity contribution in [2.75, 3.05) is 56.9 Å². The van der Waals surface area contributed by atoms with Gasteiger partial charge in [-0.25, -0.2) is 9.98 Å². The van der Waals surface area contributed by atoms with Crippen molar-refractivity contribution in [3.05, 3.63) is 89.1 Å². The third-order valence-electron chi connectivity index (χ3n) is 9.66. The Morgan fingerprint density at radius 1 is 1.04 bits per heavy atom. The summed E-state index contributed by atoms with van der Waals surface area (Å²) in [5.41, 5.74) is 10.3. The number of carbonyl (C=O) groups is 2. The third kappa shape index (κ3) is 7.30. The van der Waals surface area contributed by atoms with Crippen LogP contribution in [-0.2, 0) is 9.59 Å². The molecule has 0 unspecified atom stereocenters. The molecule has 3 aliphatic heterocycles. The van der Waals surface area contributed by atoms with Gasteiger partial charge in [0.05, 0.1) is 35.8 Å². The lowest BCUT2D eigenvalue weighted by atomic mass is 9.85. The summed E-state index contributed by atoms with van der Waals surface area (Å²) in [5.74, 6) is 1.48. The van der Waals surface area contributed by atoms with Crippen LogP contribution in [0.2, 0.25) is 0 Å². The zero-order valence-electron chi connectivity index (χ0n) is 28.9. The molecule has 0 saturated carbocycles. The van der Waals surface area contributed by atoms with E-state index in [1.807, 2.05) is 67.3 Å². The van der Waals surface area contributed by atoms with E-state index in [9.17, 15) is 9.59 Å². The number of nitrogens with one attached hydrogen (secondary N) is 3. The molecule has 12 heteroatoms. The number of likely N-dealkylation sites (tertiary alicyclic amines) is 1. The van der Waals surface area contributed by atoms with Crippen LogP contribution in [0.15, 0.2) is 71.7 Å². The first-order valence-corrected chi connectivity index (χ1v) is 17.1. The van der Waals surface area contributed by atoms with Crippen molar-refractivity contribution in [1.29, 1.82) is 10.8 Å². The van der Waals surface area contributed by atoms with Crippen molar-refractivity contribution < 1.29 is 14.3 Å². The molecule has 3 aromatic rings. The molecule has 0 aliphatic carbocycles. The van der Waals surface area contributed by atoms with E-state index < -0.39 is 5.41 Å². The number of benzene rings is 2. The number of aliphatic imine (C=N–C) groups is 1. The van der Waals surface area contributed by atoms with E-state index >= 15 is 0 Å². The van der Waals surface area contributed by atoms with Crippen molar-refractivity contribution in [3.8, 4) is 5.75 Å². The summed E-state index contributed by atoms with van der Waals surface area (Å²) in [6.45, 7) is 7.12. The zero-order chi connectivity index (χ0) is 35.4. The van der Waals surface area contributed by atoms with Crippen molar-refractivity contribution in [2.24, 2.45) is 10.4 Å². The molecule has 1 aromatic heterocycles. The van der Waals surface area contributed by atoms with Crippen molar-refractivity contribution in [2.45, 2.75) is 39.2 Å². The number of amides is 2. The second-order valence-corrected chi connectivity index (χ2v) is 13.4. The number of rotatable bonds is 10. The Bertz CT molecular complexity index is 1830. The van der Waals surface area contributed by atoms with Gasteiger partial charge in [-0.15, -0.1) is 0 Å². The maximum absolute atomic E-state index is 13.9. The minimum atomic E-state index is -0.556. The van der Waals surface area contributed by atoms with E-state index in [1.165, 1.54) is 11.9 Å². The third-order valence-corrected chi connectivity index (χ3v) is 9.66. The molecule has 2 amide bonds. The van der Waals surface area contributed by atoms with E-state index in [0.717, 1.165) is 23.3 Å². The highest BCUT2D eigenvalue weighted by molar-refractivity contribution is 6.13. The van der Waals surface area contributed by atoms with Gasteiger partial charge in [0.1, 0.15) is 17.3 Å². The number of anilines is 2. The Morgan fingerprint density at radius 3 is 2.44 bits per heavy atom. The highest BCUT2D eigenvalue weighted by Crippen LogP contribution is 2.42. The molecule has 260 valence electrons. The zero-order valence-corrected chi connectivity index (χ0v) is 28.9. The first-order chi connectivity index (χ1) is 24.1. The number of nitrogens with two attached hydrogens (primary N) is 1. The Hall–Kier alpha value is -5.36. The summed E-state index contributed by atoms with van der Waals surface area (Å²) in [7, 11) is 1.74. The quantitative estimate of drug-likeness (QED) is 0.185. The van der Waals surface area contributed by atoms with E-state index in [2.05, 4.69) is 21.3 Å². The summed E-state index contributed by atoms with van der Waals surface area (Å²) >= 11 is 0. The number of ether oxygens (including phenoxy) is 1. The number of carbonyl (C=O) groups excluding carboxylic acids is 2. The lowest BCUT2D eigenvalue weighted by Crippen LogP contribution is -2.43. The van der Waals surface area contributed by atoms with Crippen LogP contribution < -0.4 is 20.7 Å².